The van der Waals surface area contributed by atoms with Crippen LogP contribution in [0.25, 0.3) is 0 Å². The van der Waals surface area contributed by atoms with Gasteiger partial charge < -0.3 is 5.11 Å². The highest BCUT2D eigenvalue weighted by Crippen LogP contribution is 1.80. The van der Waals surface area contributed by atoms with Crippen molar-refractivity contribution in [1.29, 1.82) is 0 Å². The molecule has 7 heavy (non-hydrogen) atoms. The molecule has 0 aromatic rings. The zero-order chi connectivity index (χ0) is 6.08. The van der Waals surface area contributed by atoms with Crippen molar-refractivity contribution in [2.45, 2.75) is 0 Å². The highest BCUT2D eigenvalue weighted by Gasteiger charge is 2.10. The lowest BCUT2D eigenvalue weighted by atomic mass is 11.6. The Labute approximate surface area is 40.7 Å². The van der Waals surface area contributed by atoms with Gasteiger partial charge in [0.2, 0.25) is 9.84 Å². The van der Waals surface area contributed by atoms with E-state index in [1.165, 1.54) is 0 Å². The molecular formula is C2H4O4S. The molecule has 0 atom stereocenters. The van der Waals surface area contributed by atoms with Gasteiger partial charge in [0.15, 0.2) is 0 Å². The van der Waals surface area contributed by atoms with E-state index in [0.29, 0.717) is 6.26 Å². The van der Waals surface area contributed by atoms with Crippen LogP contribution in [0.1, 0.15) is 0 Å². The monoisotopic (exact) mass is 124 g/mol. The van der Waals surface area contributed by atoms with Crippen LogP contribution in [0.2, 0.25) is 0 Å². The van der Waals surface area contributed by atoms with Crippen LogP contribution in [0, 0.1) is 0 Å². The smallest absolute Gasteiger partial charge is 0.422 e. The van der Waals surface area contributed by atoms with Crippen molar-refractivity contribution in [3.8, 4) is 0 Å². The predicted octanol–water partition coefficient (Wildman–Crippen LogP) is -0.291. The summed E-state index contributed by atoms with van der Waals surface area (Å²) in [6.45, 7) is 0. The lowest BCUT2D eigenvalue weighted by Crippen LogP contribution is -2.07. The zero-order valence-corrected chi connectivity index (χ0v) is 4.40. The van der Waals surface area contributed by atoms with Gasteiger partial charge in [-0.25, -0.2) is 13.2 Å². The van der Waals surface area contributed by atoms with Crippen molar-refractivity contribution in [2.75, 3.05) is 6.26 Å². The highest BCUT2D eigenvalue weighted by molar-refractivity contribution is 8.04. The average Bonchev–Trinajstić information content (AvgIpc) is 1.31. The van der Waals surface area contributed by atoms with Crippen LogP contribution in [0.3, 0.4) is 0 Å². The van der Waals surface area contributed by atoms with Gasteiger partial charge in [-0.2, -0.15) is 0 Å². The first-order chi connectivity index (χ1) is 2.94. The quantitative estimate of drug-likeness (QED) is 0.481. The molecule has 0 heterocycles. The first-order valence-electron chi connectivity index (χ1n) is 1.37. The number of carboxylic acid groups (broad SMARTS) is 1. The van der Waals surface area contributed by atoms with Gasteiger partial charge in [0.1, 0.15) is 0 Å². The normalized spacial score (nSPS) is 11.0. The molecule has 0 amide bonds. The van der Waals surface area contributed by atoms with Crippen LogP contribution >= 0.6 is 0 Å². The van der Waals surface area contributed by atoms with Gasteiger partial charge in [0.05, 0.1) is 6.26 Å². The second kappa shape index (κ2) is 1.49. The Morgan fingerprint density at radius 3 is 1.71 bits per heavy atom. The predicted molar refractivity (Wildman–Crippen MR) is 22.9 cm³/mol. The third-order valence-electron chi connectivity index (χ3n) is 0.317. The number of sulfone groups is 1. The second-order valence-corrected chi connectivity index (χ2v) is 2.93. The molecule has 0 aliphatic heterocycles. The van der Waals surface area contributed by atoms with E-state index >= 15 is 0 Å². The van der Waals surface area contributed by atoms with E-state index in [4.69, 9.17) is 5.11 Å². The summed E-state index contributed by atoms with van der Waals surface area (Å²) in [6, 6.07) is 0. The third kappa shape index (κ3) is 2.16. The summed E-state index contributed by atoms with van der Waals surface area (Å²) in [5.74, 6) is 0. The minimum Gasteiger partial charge on any atom is -0.470 e. The Bertz CT molecular complexity index is 164. The second-order valence-electron chi connectivity index (χ2n) is 1.04. The molecule has 0 saturated heterocycles. The Morgan fingerprint density at radius 1 is 1.57 bits per heavy atom. The molecule has 0 fully saturated rings. The standard InChI is InChI=1S/C2H4O4S/c1-7(5,6)2(3)4/h1H3,(H,3,4). The largest absolute Gasteiger partial charge is 0.470 e. The van der Waals surface area contributed by atoms with Gasteiger partial charge in [-0.05, 0) is 0 Å². The highest BCUT2D eigenvalue weighted by atomic mass is 32.2. The van der Waals surface area contributed by atoms with Crippen LogP contribution in [-0.2, 0) is 9.84 Å². The van der Waals surface area contributed by atoms with E-state index in [9.17, 15) is 13.2 Å². The van der Waals surface area contributed by atoms with Crippen LogP contribution < -0.4 is 0 Å². The lowest BCUT2D eigenvalue weighted by molar-refractivity contribution is 0.219. The molecule has 1 N–H and O–H groups in total. The number of hydrogen-bond donors (Lipinski definition) is 1. The Balaban J connectivity index is 4.43. The summed E-state index contributed by atoms with van der Waals surface area (Å²) < 4.78 is 19.5. The maximum absolute atomic E-state index is 9.73. The zero-order valence-electron chi connectivity index (χ0n) is 3.58. The van der Waals surface area contributed by atoms with Crippen LogP contribution in [0.4, 0.5) is 4.79 Å². The molecule has 42 valence electrons. The molecule has 0 spiro atoms. The van der Waals surface area contributed by atoms with E-state index in [-0.39, 0.29) is 0 Å². The minimum absolute atomic E-state index is 0.634. The average molecular weight is 124 g/mol. The Hall–Kier alpha value is -0.580. The Kier molecular flexibility index (Phi) is 1.37. The van der Waals surface area contributed by atoms with Gasteiger partial charge in [-0.1, -0.05) is 0 Å². The van der Waals surface area contributed by atoms with E-state index in [1.54, 1.807) is 0 Å². The molecule has 0 aliphatic rings. The lowest BCUT2D eigenvalue weighted by Gasteiger charge is -1.80. The summed E-state index contributed by atoms with van der Waals surface area (Å²) in [7, 11) is -3.82. The van der Waals surface area contributed by atoms with Crippen molar-refractivity contribution in [3.05, 3.63) is 0 Å². The molecule has 4 nitrogen and oxygen atoms in total. The number of carbonyl (C=O) groups is 1. The molecule has 0 bridgehead atoms. The summed E-state index contributed by atoms with van der Waals surface area (Å²) in [5, 5.41) is 5.88. The van der Waals surface area contributed by atoms with Gasteiger partial charge in [0.25, 0.3) is 0 Å². The van der Waals surface area contributed by atoms with Gasteiger partial charge in [-0.15, -0.1) is 0 Å². The topological polar surface area (TPSA) is 71.4 Å². The maximum atomic E-state index is 9.73. The number of rotatable bonds is 0. The summed E-state index contributed by atoms with van der Waals surface area (Å²) >= 11 is 0. The van der Waals surface area contributed by atoms with Gasteiger partial charge in [0, 0.05) is 0 Å². The SMILES string of the molecule is CS(=O)(=O)C(=O)O. The molecule has 0 unspecified atom stereocenters. The number of hydrogen-bond acceptors (Lipinski definition) is 3. The van der Waals surface area contributed by atoms with E-state index in [2.05, 4.69) is 0 Å². The van der Waals surface area contributed by atoms with Crippen LogP contribution in [0.5, 0.6) is 0 Å². The van der Waals surface area contributed by atoms with Crippen molar-refractivity contribution in [1.82, 2.24) is 0 Å². The molecule has 0 rings (SSSR count). The van der Waals surface area contributed by atoms with E-state index in [1.807, 2.05) is 0 Å². The molecule has 0 radical (unpaired) electrons. The summed E-state index contributed by atoms with van der Waals surface area (Å²) in [4.78, 5) is 9.43. The van der Waals surface area contributed by atoms with Crippen molar-refractivity contribution in [2.24, 2.45) is 0 Å². The Morgan fingerprint density at radius 2 is 1.71 bits per heavy atom. The fourth-order valence-corrected chi connectivity index (χ4v) is 0. The van der Waals surface area contributed by atoms with E-state index in [0.717, 1.165) is 0 Å². The van der Waals surface area contributed by atoms with Crippen LogP contribution in [0.15, 0.2) is 0 Å². The first kappa shape index (κ1) is 6.42. The van der Waals surface area contributed by atoms with Gasteiger partial charge in [-0.3, -0.25) is 0 Å². The van der Waals surface area contributed by atoms with Crippen molar-refractivity contribution in [3.63, 3.8) is 0 Å². The van der Waals surface area contributed by atoms with Gasteiger partial charge >= 0.3 is 5.30 Å². The van der Waals surface area contributed by atoms with Crippen LogP contribution in [-0.4, -0.2) is 25.1 Å². The van der Waals surface area contributed by atoms with Crippen molar-refractivity contribution >= 4 is 15.1 Å². The molecular weight excluding hydrogens is 120 g/mol. The molecule has 0 aromatic carbocycles. The summed E-state index contributed by atoms with van der Waals surface area (Å²) in [5.41, 5.74) is 0. The minimum atomic E-state index is -3.82. The summed E-state index contributed by atoms with van der Waals surface area (Å²) in [6.07, 6.45) is 0.634. The molecule has 0 saturated carbocycles. The van der Waals surface area contributed by atoms with Crippen molar-refractivity contribution < 1.29 is 18.3 Å². The molecule has 5 heteroatoms. The maximum Gasteiger partial charge on any atom is 0.422 e. The molecule has 0 aliphatic carbocycles. The fraction of sp³-hybridized carbons (Fsp3) is 0.500. The fourth-order valence-electron chi connectivity index (χ4n) is 0. The van der Waals surface area contributed by atoms with E-state index < -0.39 is 15.1 Å². The first-order valence-corrected chi connectivity index (χ1v) is 3.26. The third-order valence-corrected chi connectivity index (χ3v) is 0.952. The molecule has 0 aromatic heterocycles.